The predicted molar refractivity (Wildman–Crippen MR) is 87.6 cm³/mol. The molecule has 2 atom stereocenters. The Bertz CT molecular complexity index is 529. The van der Waals surface area contributed by atoms with Crippen molar-refractivity contribution < 1.29 is 14.3 Å². The number of ether oxygens (including phenoxy) is 1. The molecule has 2 N–H and O–H groups in total. The molecule has 0 spiro atoms. The Morgan fingerprint density at radius 2 is 1.87 bits per heavy atom. The maximum absolute atomic E-state index is 12.5. The molecule has 23 heavy (non-hydrogen) atoms. The third-order valence-electron chi connectivity index (χ3n) is 4.23. The average Bonchev–Trinajstić information content (AvgIpc) is 2.61. The maximum Gasteiger partial charge on any atom is 0.242 e. The van der Waals surface area contributed by atoms with Gasteiger partial charge in [-0.05, 0) is 5.56 Å². The number of morpholine rings is 1. The van der Waals surface area contributed by atoms with Crippen molar-refractivity contribution in [2.24, 2.45) is 11.7 Å². The van der Waals surface area contributed by atoms with Crippen molar-refractivity contribution in [2.75, 3.05) is 39.9 Å². The lowest BCUT2D eigenvalue weighted by molar-refractivity contribution is -0.143. The largest absolute Gasteiger partial charge is 0.378 e. The van der Waals surface area contributed by atoms with E-state index in [1.54, 1.807) is 18.9 Å². The van der Waals surface area contributed by atoms with E-state index in [-0.39, 0.29) is 30.3 Å². The highest BCUT2D eigenvalue weighted by Gasteiger charge is 2.27. The first-order valence-corrected chi connectivity index (χ1v) is 7.91. The van der Waals surface area contributed by atoms with Crippen LogP contribution < -0.4 is 5.73 Å². The molecule has 2 amide bonds. The van der Waals surface area contributed by atoms with Crippen molar-refractivity contribution in [3.63, 3.8) is 0 Å². The highest BCUT2D eigenvalue weighted by molar-refractivity contribution is 5.86. The maximum atomic E-state index is 12.5. The molecule has 1 aromatic carbocycles. The van der Waals surface area contributed by atoms with Crippen LogP contribution in [0, 0.1) is 5.92 Å². The zero-order chi connectivity index (χ0) is 16.8. The monoisotopic (exact) mass is 319 g/mol. The van der Waals surface area contributed by atoms with E-state index < -0.39 is 0 Å². The van der Waals surface area contributed by atoms with Crippen molar-refractivity contribution >= 4 is 11.8 Å². The molecule has 1 heterocycles. The Labute approximate surface area is 137 Å². The van der Waals surface area contributed by atoms with Crippen LogP contribution in [0.1, 0.15) is 18.5 Å². The highest BCUT2D eigenvalue weighted by atomic mass is 16.5. The van der Waals surface area contributed by atoms with Gasteiger partial charge in [0.05, 0.1) is 25.7 Å². The van der Waals surface area contributed by atoms with Gasteiger partial charge < -0.3 is 20.3 Å². The number of nitrogens with two attached hydrogens (primary N) is 1. The molecule has 2 rings (SSSR count). The number of nitrogens with zero attached hydrogens (tertiary/aromatic N) is 2. The molecule has 1 saturated heterocycles. The third kappa shape index (κ3) is 4.53. The van der Waals surface area contributed by atoms with Gasteiger partial charge in [-0.1, -0.05) is 37.3 Å². The Morgan fingerprint density at radius 1 is 1.26 bits per heavy atom. The Kier molecular flexibility index (Phi) is 6.12. The number of hydrogen-bond acceptors (Lipinski definition) is 4. The van der Waals surface area contributed by atoms with Gasteiger partial charge in [0.1, 0.15) is 0 Å². The molecule has 6 heteroatoms. The molecule has 0 radical (unpaired) electrons. The first-order valence-electron chi connectivity index (χ1n) is 7.91. The summed E-state index contributed by atoms with van der Waals surface area (Å²) >= 11 is 0. The predicted octanol–water partition coefficient (Wildman–Crippen LogP) is 0.640. The van der Waals surface area contributed by atoms with Crippen LogP contribution in [0.5, 0.6) is 0 Å². The van der Waals surface area contributed by atoms with E-state index in [0.29, 0.717) is 26.3 Å². The summed E-state index contributed by atoms with van der Waals surface area (Å²) in [4.78, 5) is 27.9. The van der Waals surface area contributed by atoms with Crippen LogP contribution in [0.3, 0.4) is 0 Å². The van der Waals surface area contributed by atoms with Crippen molar-refractivity contribution in [3.05, 3.63) is 35.9 Å². The first kappa shape index (κ1) is 17.4. The topological polar surface area (TPSA) is 75.9 Å². The lowest BCUT2D eigenvalue weighted by Crippen LogP contribution is -2.47. The smallest absolute Gasteiger partial charge is 0.242 e. The number of carbonyl (C=O) groups excluding carboxylic acids is 2. The van der Waals surface area contributed by atoms with Crippen LogP contribution in [0.25, 0.3) is 0 Å². The molecular formula is C17H25N3O3. The molecule has 126 valence electrons. The first-order chi connectivity index (χ1) is 11.0. The van der Waals surface area contributed by atoms with Gasteiger partial charge >= 0.3 is 0 Å². The minimum absolute atomic E-state index is 0.0513. The third-order valence-corrected chi connectivity index (χ3v) is 4.23. The molecule has 2 unspecified atom stereocenters. The molecule has 1 aliphatic heterocycles. The van der Waals surface area contributed by atoms with Crippen molar-refractivity contribution in [1.82, 2.24) is 9.80 Å². The molecule has 1 fully saturated rings. The zero-order valence-corrected chi connectivity index (χ0v) is 13.8. The lowest BCUT2D eigenvalue weighted by Gasteiger charge is -2.30. The summed E-state index contributed by atoms with van der Waals surface area (Å²) in [6.45, 7) is 4.15. The summed E-state index contributed by atoms with van der Waals surface area (Å²) in [5.74, 6) is -0.563. The van der Waals surface area contributed by atoms with Gasteiger partial charge in [0.25, 0.3) is 0 Å². The number of likely N-dealkylation sites (N-methyl/N-ethyl adjacent to an activating group) is 1. The zero-order valence-electron chi connectivity index (χ0n) is 13.8. The van der Waals surface area contributed by atoms with Crippen molar-refractivity contribution in [3.8, 4) is 0 Å². The van der Waals surface area contributed by atoms with Gasteiger partial charge in [-0.25, -0.2) is 0 Å². The molecular weight excluding hydrogens is 294 g/mol. The Morgan fingerprint density at radius 3 is 2.48 bits per heavy atom. The minimum Gasteiger partial charge on any atom is -0.378 e. The number of benzene rings is 1. The van der Waals surface area contributed by atoms with Crippen LogP contribution in [-0.2, 0) is 14.3 Å². The van der Waals surface area contributed by atoms with Gasteiger partial charge in [0, 0.05) is 26.2 Å². The van der Waals surface area contributed by atoms with E-state index in [4.69, 9.17) is 10.5 Å². The Balaban J connectivity index is 1.91. The molecule has 0 aliphatic carbocycles. The molecule has 0 aromatic heterocycles. The summed E-state index contributed by atoms with van der Waals surface area (Å²) < 4.78 is 5.23. The van der Waals surface area contributed by atoms with E-state index in [1.165, 1.54) is 4.90 Å². The fourth-order valence-electron chi connectivity index (χ4n) is 2.66. The van der Waals surface area contributed by atoms with Crippen molar-refractivity contribution in [1.29, 1.82) is 0 Å². The Hall–Kier alpha value is -1.92. The summed E-state index contributed by atoms with van der Waals surface area (Å²) in [6, 6.07) is 9.15. The number of carbonyl (C=O) groups is 2. The lowest BCUT2D eigenvalue weighted by atomic mass is 9.94. The van der Waals surface area contributed by atoms with Gasteiger partial charge in [0.15, 0.2) is 0 Å². The SMILES string of the molecule is CC(C(=O)N(C)CC(=O)N1CCOCC1)C(N)c1ccccc1. The number of hydrogen-bond donors (Lipinski definition) is 1. The average molecular weight is 319 g/mol. The quantitative estimate of drug-likeness (QED) is 0.864. The van der Waals surface area contributed by atoms with E-state index in [0.717, 1.165) is 5.56 Å². The van der Waals surface area contributed by atoms with Crippen LogP contribution in [-0.4, -0.2) is 61.5 Å². The van der Waals surface area contributed by atoms with Gasteiger partial charge in [-0.2, -0.15) is 0 Å². The molecule has 1 aromatic rings. The standard InChI is InChI=1S/C17H25N3O3/c1-13(16(18)14-6-4-3-5-7-14)17(22)19(2)12-15(21)20-8-10-23-11-9-20/h3-7,13,16H,8-12,18H2,1-2H3. The second kappa shape index (κ2) is 8.08. The number of amides is 2. The van der Waals surface area contributed by atoms with Gasteiger partial charge in [0.2, 0.25) is 11.8 Å². The van der Waals surface area contributed by atoms with E-state index in [2.05, 4.69) is 0 Å². The van der Waals surface area contributed by atoms with E-state index in [1.807, 2.05) is 30.3 Å². The number of rotatable bonds is 5. The van der Waals surface area contributed by atoms with E-state index in [9.17, 15) is 9.59 Å². The fraction of sp³-hybridized carbons (Fsp3) is 0.529. The molecule has 1 aliphatic rings. The van der Waals surface area contributed by atoms with Gasteiger partial charge in [-0.3, -0.25) is 9.59 Å². The fourth-order valence-corrected chi connectivity index (χ4v) is 2.66. The minimum atomic E-state index is -0.389. The summed E-state index contributed by atoms with van der Waals surface area (Å²) in [6.07, 6.45) is 0. The van der Waals surface area contributed by atoms with Crippen molar-refractivity contribution in [2.45, 2.75) is 13.0 Å². The molecule has 6 nitrogen and oxygen atoms in total. The molecule has 0 bridgehead atoms. The van der Waals surface area contributed by atoms with Crippen LogP contribution in [0.15, 0.2) is 30.3 Å². The van der Waals surface area contributed by atoms with Crippen LogP contribution in [0.2, 0.25) is 0 Å². The summed E-state index contributed by atoms with van der Waals surface area (Å²) in [5.41, 5.74) is 7.11. The van der Waals surface area contributed by atoms with Gasteiger partial charge in [-0.15, -0.1) is 0 Å². The normalized spacial score (nSPS) is 17.4. The second-order valence-corrected chi connectivity index (χ2v) is 5.91. The molecule has 0 saturated carbocycles. The van der Waals surface area contributed by atoms with Crippen LogP contribution in [0.4, 0.5) is 0 Å². The van der Waals surface area contributed by atoms with Crippen LogP contribution >= 0.6 is 0 Å². The summed E-state index contributed by atoms with van der Waals surface area (Å²) in [5, 5.41) is 0. The van der Waals surface area contributed by atoms with E-state index >= 15 is 0 Å². The summed E-state index contributed by atoms with van der Waals surface area (Å²) in [7, 11) is 1.65. The second-order valence-electron chi connectivity index (χ2n) is 5.91. The highest BCUT2D eigenvalue weighted by Crippen LogP contribution is 2.20.